The minimum Gasteiger partial charge on any atom is -0.395 e. The predicted molar refractivity (Wildman–Crippen MR) is 83.0 cm³/mol. The molecule has 1 aliphatic heterocycles. The Morgan fingerprint density at radius 2 is 2.05 bits per heavy atom. The molecule has 1 saturated heterocycles. The molecule has 0 aromatic carbocycles. The lowest BCUT2D eigenvalue weighted by Crippen LogP contribution is -2.53. The van der Waals surface area contributed by atoms with Crippen LogP contribution in [0.3, 0.4) is 0 Å². The van der Waals surface area contributed by atoms with Crippen molar-refractivity contribution in [2.75, 3.05) is 19.4 Å². The molecule has 1 saturated carbocycles. The van der Waals surface area contributed by atoms with E-state index in [4.69, 9.17) is 0 Å². The molecule has 1 heterocycles. The number of nitrogens with zero attached hydrogens (tertiary/aromatic N) is 1. The molecule has 118 valence electrons. The van der Waals surface area contributed by atoms with Crippen molar-refractivity contribution in [3.05, 3.63) is 0 Å². The van der Waals surface area contributed by atoms with Gasteiger partial charge in [-0.3, -0.25) is 0 Å². The summed E-state index contributed by atoms with van der Waals surface area (Å²) in [4.78, 5) is 0. The van der Waals surface area contributed by atoms with E-state index in [-0.39, 0.29) is 18.7 Å². The third-order valence-corrected chi connectivity index (χ3v) is 7.19. The first-order valence-corrected chi connectivity index (χ1v) is 10.2. The van der Waals surface area contributed by atoms with Gasteiger partial charge in [-0.2, -0.15) is 29.2 Å². The number of thioether (sulfide) groups is 1. The third-order valence-electron chi connectivity index (χ3n) is 4.37. The minimum atomic E-state index is -3.46. The van der Waals surface area contributed by atoms with Gasteiger partial charge in [0.1, 0.15) is 0 Å². The highest BCUT2D eigenvalue weighted by atomic mass is 32.2. The molecule has 0 bridgehead atoms. The summed E-state index contributed by atoms with van der Waals surface area (Å²) in [6, 6.07) is -0.200. The van der Waals surface area contributed by atoms with Crippen molar-refractivity contribution in [3.63, 3.8) is 0 Å². The Morgan fingerprint density at radius 3 is 2.75 bits per heavy atom. The van der Waals surface area contributed by atoms with Crippen molar-refractivity contribution in [3.8, 4) is 0 Å². The van der Waals surface area contributed by atoms with Gasteiger partial charge in [-0.15, -0.1) is 0 Å². The van der Waals surface area contributed by atoms with Crippen LogP contribution >= 0.6 is 11.8 Å². The average Bonchev–Trinajstić information content (AvgIpc) is 2.47. The Bertz CT molecular complexity index is 402. The van der Waals surface area contributed by atoms with E-state index in [9.17, 15) is 13.5 Å². The van der Waals surface area contributed by atoms with Gasteiger partial charge in [-0.25, -0.2) is 0 Å². The fourth-order valence-corrected chi connectivity index (χ4v) is 5.75. The highest BCUT2D eigenvalue weighted by Crippen LogP contribution is 2.28. The zero-order chi connectivity index (χ0) is 14.6. The number of piperidine rings is 1. The summed E-state index contributed by atoms with van der Waals surface area (Å²) in [5, 5.41) is 9.94. The quantitative estimate of drug-likeness (QED) is 0.801. The summed E-state index contributed by atoms with van der Waals surface area (Å²) in [5.41, 5.74) is 0. The van der Waals surface area contributed by atoms with Gasteiger partial charge in [0.15, 0.2) is 0 Å². The van der Waals surface area contributed by atoms with E-state index in [2.05, 4.69) is 11.0 Å². The SMILES string of the molecule is CSC1CCCC(NS(=O)(=O)N2CCCCC2CO)C1. The lowest BCUT2D eigenvalue weighted by Gasteiger charge is -2.36. The van der Waals surface area contributed by atoms with Gasteiger partial charge in [0, 0.05) is 23.9 Å². The summed E-state index contributed by atoms with van der Waals surface area (Å²) in [6.45, 7) is 0.443. The van der Waals surface area contributed by atoms with Gasteiger partial charge in [0.2, 0.25) is 0 Å². The van der Waals surface area contributed by atoms with Crippen molar-refractivity contribution < 1.29 is 13.5 Å². The number of rotatable bonds is 5. The fraction of sp³-hybridized carbons (Fsp3) is 1.00. The molecule has 3 unspecified atom stereocenters. The van der Waals surface area contributed by atoms with E-state index in [0.29, 0.717) is 11.8 Å². The average molecular weight is 322 g/mol. The van der Waals surface area contributed by atoms with Crippen molar-refractivity contribution >= 4 is 22.0 Å². The summed E-state index contributed by atoms with van der Waals surface area (Å²) < 4.78 is 29.4. The highest BCUT2D eigenvalue weighted by molar-refractivity contribution is 7.99. The summed E-state index contributed by atoms with van der Waals surface area (Å²) in [7, 11) is -3.46. The maximum absolute atomic E-state index is 12.5. The minimum absolute atomic E-state index is 0.0486. The number of aliphatic hydroxyl groups excluding tert-OH is 1. The maximum Gasteiger partial charge on any atom is 0.280 e. The van der Waals surface area contributed by atoms with Crippen LogP contribution in [0.15, 0.2) is 0 Å². The Labute approximate surface area is 126 Å². The molecule has 0 aromatic heterocycles. The van der Waals surface area contributed by atoms with Crippen molar-refractivity contribution in [1.82, 2.24) is 9.03 Å². The fourth-order valence-electron chi connectivity index (χ4n) is 3.22. The van der Waals surface area contributed by atoms with Gasteiger partial charge in [0.25, 0.3) is 10.2 Å². The largest absolute Gasteiger partial charge is 0.395 e. The first kappa shape index (κ1) is 16.5. The van der Waals surface area contributed by atoms with Crippen LogP contribution in [-0.2, 0) is 10.2 Å². The zero-order valence-corrected chi connectivity index (χ0v) is 13.8. The Kier molecular flexibility index (Phi) is 6.16. The number of nitrogens with one attached hydrogen (secondary N) is 1. The summed E-state index contributed by atoms with van der Waals surface area (Å²) in [6.07, 6.45) is 8.84. The monoisotopic (exact) mass is 322 g/mol. The standard InChI is InChI=1S/C13H26N2O3S2/c1-19-13-7-4-5-11(9-13)14-20(17,18)15-8-3-2-6-12(15)10-16/h11-14,16H,2-10H2,1H3. The first-order chi connectivity index (χ1) is 9.56. The van der Waals surface area contributed by atoms with Crippen LogP contribution in [0.1, 0.15) is 44.9 Å². The van der Waals surface area contributed by atoms with Crippen molar-refractivity contribution in [2.45, 2.75) is 62.3 Å². The Balaban J connectivity index is 1.98. The van der Waals surface area contributed by atoms with Crippen molar-refractivity contribution in [1.29, 1.82) is 0 Å². The lowest BCUT2D eigenvalue weighted by molar-refractivity contribution is 0.153. The molecule has 7 heteroatoms. The van der Waals surface area contributed by atoms with Gasteiger partial charge in [-0.05, 0) is 38.4 Å². The second-order valence-electron chi connectivity index (χ2n) is 5.79. The molecule has 2 aliphatic rings. The second kappa shape index (κ2) is 7.45. The van der Waals surface area contributed by atoms with E-state index in [1.54, 1.807) is 0 Å². The smallest absolute Gasteiger partial charge is 0.280 e. The third kappa shape index (κ3) is 4.10. The van der Waals surface area contributed by atoms with Gasteiger partial charge in [0.05, 0.1) is 6.61 Å². The Hall–Kier alpha value is 0.180. The van der Waals surface area contributed by atoms with Gasteiger partial charge >= 0.3 is 0 Å². The Morgan fingerprint density at radius 1 is 1.25 bits per heavy atom. The lowest BCUT2D eigenvalue weighted by atomic mass is 9.96. The molecule has 2 rings (SSSR count). The van der Waals surface area contributed by atoms with Crippen LogP contribution in [0.2, 0.25) is 0 Å². The normalized spacial score (nSPS) is 33.2. The highest BCUT2D eigenvalue weighted by Gasteiger charge is 2.34. The molecule has 0 spiro atoms. The van der Waals surface area contributed by atoms with Crippen LogP contribution < -0.4 is 4.72 Å². The molecular formula is C13H26N2O3S2. The van der Waals surface area contributed by atoms with Crippen LogP contribution in [0.5, 0.6) is 0 Å². The van der Waals surface area contributed by atoms with Gasteiger partial charge < -0.3 is 5.11 Å². The molecule has 2 N–H and O–H groups in total. The molecule has 3 atom stereocenters. The molecule has 0 amide bonds. The molecule has 5 nitrogen and oxygen atoms in total. The van der Waals surface area contributed by atoms with Gasteiger partial charge in [-0.1, -0.05) is 12.8 Å². The first-order valence-electron chi connectivity index (χ1n) is 7.49. The van der Waals surface area contributed by atoms with E-state index in [1.807, 2.05) is 11.8 Å². The molecule has 1 aliphatic carbocycles. The molecule has 2 fully saturated rings. The number of aliphatic hydroxyl groups is 1. The van der Waals surface area contributed by atoms with E-state index < -0.39 is 10.2 Å². The van der Waals surface area contributed by atoms with Crippen LogP contribution in [0.4, 0.5) is 0 Å². The zero-order valence-electron chi connectivity index (χ0n) is 12.1. The summed E-state index contributed by atoms with van der Waals surface area (Å²) in [5.74, 6) is 0. The van der Waals surface area contributed by atoms with Crippen LogP contribution in [0, 0.1) is 0 Å². The predicted octanol–water partition coefficient (Wildman–Crippen LogP) is 1.34. The van der Waals surface area contributed by atoms with E-state index in [0.717, 1.165) is 38.5 Å². The molecule has 0 aromatic rings. The van der Waals surface area contributed by atoms with E-state index in [1.165, 1.54) is 10.7 Å². The molecule has 20 heavy (non-hydrogen) atoms. The van der Waals surface area contributed by atoms with E-state index >= 15 is 0 Å². The van der Waals surface area contributed by atoms with Crippen LogP contribution in [0.25, 0.3) is 0 Å². The maximum atomic E-state index is 12.5. The summed E-state index contributed by atoms with van der Waals surface area (Å²) >= 11 is 1.83. The van der Waals surface area contributed by atoms with Crippen molar-refractivity contribution in [2.24, 2.45) is 0 Å². The second-order valence-corrected chi connectivity index (χ2v) is 8.58. The number of hydrogen-bond donors (Lipinski definition) is 2. The topological polar surface area (TPSA) is 69.6 Å². The molecular weight excluding hydrogens is 296 g/mol. The number of hydrogen-bond acceptors (Lipinski definition) is 4. The molecule has 0 radical (unpaired) electrons. The van der Waals surface area contributed by atoms with Crippen LogP contribution in [-0.4, -0.2) is 54.6 Å².